The summed E-state index contributed by atoms with van der Waals surface area (Å²) in [5.74, 6) is 1.92. The number of nitrogens with one attached hydrogen (secondary N) is 2. The van der Waals surface area contributed by atoms with E-state index in [9.17, 15) is 0 Å². The van der Waals surface area contributed by atoms with Gasteiger partial charge >= 0.3 is 0 Å². The van der Waals surface area contributed by atoms with E-state index in [4.69, 9.17) is 9.97 Å². The number of hydrogen-bond acceptors (Lipinski definition) is 6. The molecule has 2 fully saturated rings. The second-order valence-electron chi connectivity index (χ2n) is 6.90. The third-order valence-corrected chi connectivity index (χ3v) is 5.02. The summed E-state index contributed by atoms with van der Waals surface area (Å²) in [5, 5.41) is 7.13. The molecule has 0 aromatic carbocycles. The molecule has 0 bridgehead atoms. The van der Waals surface area contributed by atoms with Gasteiger partial charge in [0.25, 0.3) is 0 Å². The van der Waals surface area contributed by atoms with Crippen molar-refractivity contribution < 1.29 is 0 Å². The molecule has 0 aliphatic carbocycles. The fourth-order valence-corrected chi connectivity index (χ4v) is 3.65. The van der Waals surface area contributed by atoms with Gasteiger partial charge in [-0.05, 0) is 50.8 Å². The summed E-state index contributed by atoms with van der Waals surface area (Å²) in [6.45, 7) is 4.24. The molecule has 0 radical (unpaired) electrons. The van der Waals surface area contributed by atoms with Crippen molar-refractivity contribution >= 4 is 11.6 Å². The zero-order chi connectivity index (χ0) is 16.9. The van der Waals surface area contributed by atoms with E-state index >= 15 is 0 Å². The summed E-state index contributed by atoms with van der Waals surface area (Å²) in [6, 6.07) is 4.38. The minimum Gasteiger partial charge on any atom is -0.363 e. The Labute approximate surface area is 149 Å². The van der Waals surface area contributed by atoms with E-state index in [-0.39, 0.29) is 0 Å². The van der Waals surface area contributed by atoms with Gasteiger partial charge in [0.15, 0.2) is 11.6 Å². The monoisotopic (exact) mass is 338 g/mol. The normalized spacial score (nSPS) is 21.1. The van der Waals surface area contributed by atoms with Crippen LogP contribution in [0.3, 0.4) is 0 Å². The summed E-state index contributed by atoms with van der Waals surface area (Å²) in [7, 11) is 0. The van der Waals surface area contributed by atoms with Crippen LogP contribution >= 0.6 is 0 Å². The molecule has 4 rings (SSSR count). The highest BCUT2D eigenvalue weighted by Crippen LogP contribution is 2.28. The number of anilines is 2. The van der Waals surface area contributed by atoms with Gasteiger partial charge in [-0.2, -0.15) is 0 Å². The van der Waals surface area contributed by atoms with Gasteiger partial charge in [0.1, 0.15) is 0 Å². The maximum atomic E-state index is 4.94. The van der Waals surface area contributed by atoms with Crippen molar-refractivity contribution in [1.29, 1.82) is 0 Å². The Hall–Kier alpha value is -2.21. The molecule has 2 aromatic rings. The van der Waals surface area contributed by atoms with Gasteiger partial charge in [-0.3, -0.25) is 4.98 Å². The highest BCUT2D eigenvalue weighted by Gasteiger charge is 2.21. The Morgan fingerprint density at radius 3 is 2.68 bits per heavy atom. The molecule has 132 valence electrons. The van der Waals surface area contributed by atoms with Crippen molar-refractivity contribution in [2.24, 2.45) is 0 Å². The lowest BCUT2D eigenvalue weighted by Gasteiger charge is -2.31. The third-order valence-electron chi connectivity index (χ3n) is 5.02. The molecule has 1 atom stereocenters. The van der Waals surface area contributed by atoms with Crippen LogP contribution in [-0.4, -0.2) is 47.2 Å². The zero-order valence-corrected chi connectivity index (χ0v) is 14.6. The van der Waals surface area contributed by atoms with Crippen LogP contribution in [0.5, 0.6) is 0 Å². The molecule has 1 unspecified atom stereocenters. The first-order valence-corrected chi connectivity index (χ1v) is 9.40. The number of piperidine rings is 2. The Kier molecular flexibility index (Phi) is 5.06. The maximum absolute atomic E-state index is 4.94. The van der Waals surface area contributed by atoms with Gasteiger partial charge in [0, 0.05) is 43.6 Å². The summed E-state index contributed by atoms with van der Waals surface area (Å²) in [6.07, 6.45) is 11.7. The van der Waals surface area contributed by atoms with Gasteiger partial charge in [-0.25, -0.2) is 9.97 Å². The van der Waals surface area contributed by atoms with Crippen molar-refractivity contribution in [3.63, 3.8) is 0 Å². The minimum atomic E-state index is 0.416. The summed E-state index contributed by atoms with van der Waals surface area (Å²) in [4.78, 5) is 16.2. The molecule has 2 N–H and O–H groups in total. The topological polar surface area (TPSA) is 66.0 Å². The standard InChI is InChI=1S/C19H26N6/c1-2-11-25(12-3-1)19-18(23-16-5-4-8-21-13-16)24-17(14-22-19)15-6-9-20-10-7-15/h6-7,9-10,14,16,21H,1-5,8,11-13H2,(H,23,24). The molecule has 2 aliphatic rings. The van der Waals surface area contributed by atoms with Crippen LogP contribution in [-0.2, 0) is 0 Å². The quantitative estimate of drug-likeness (QED) is 0.893. The smallest absolute Gasteiger partial charge is 0.171 e. The Morgan fingerprint density at radius 1 is 1.08 bits per heavy atom. The second kappa shape index (κ2) is 7.78. The Morgan fingerprint density at radius 2 is 1.92 bits per heavy atom. The van der Waals surface area contributed by atoms with Crippen LogP contribution in [0.2, 0.25) is 0 Å². The van der Waals surface area contributed by atoms with Gasteiger partial charge < -0.3 is 15.5 Å². The Bertz CT molecular complexity index is 678. The first-order chi connectivity index (χ1) is 12.4. The number of rotatable bonds is 4. The molecule has 0 amide bonds. The van der Waals surface area contributed by atoms with E-state index in [1.54, 1.807) is 12.4 Å². The highest BCUT2D eigenvalue weighted by molar-refractivity contribution is 5.67. The molecular weight excluding hydrogens is 312 g/mol. The molecule has 2 saturated heterocycles. The zero-order valence-electron chi connectivity index (χ0n) is 14.6. The average molecular weight is 338 g/mol. The number of hydrogen-bond donors (Lipinski definition) is 2. The lowest BCUT2D eigenvalue weighted by molar-refractivity contribution is 0.478. The van der Waals surface area contributed by atoms with Crippen molar-refractivity contribution in [1.82, 2.24) is 20.3 Å². The molecule has 25 heavy (non-hydrogen) atoms. The van der Waals surface area contributed by atoms with Gasteiger partial charge in [-0.1, -0.05) is 0 Å². The average Bonchev–Trinajstić information content (AvgIpc) is 2.70. The molecule has 6 heteroatoms. The highest BCUT2D eigenvalue weighted by atomic mass is 15.2. The molecule has 4 heterocycles. The van der Waals surface area contributed by atoms with Crippen LogP contribution in [0.1, 0.15) is 32.1 Å². The van der Waals surface area contributed by atoms with Crippen molar-refractivity contribution in [2.75, 3.05) is 36.4 Å². The largest absolute Gasteiger partial charge is 0.363 e. The molecule has 0 spiro atoms. The van der Waals surface area contributed by atoms with E-state index < -0.39 is 0 Å². The minimum absolute atomic E-state index is 0.416. The lowest BCUT2D eigenvalue weighted by atomic mass is 10.1. The van der Waals surface area contributed by atoms with Gasteiger partial charge in [-0.15, -0.1) is 0 Å². The first kappa shape index (κ1) is 16.3. The van der Waals surface area contributed by atoms with E-state index in [1.807, 2.05) is 18.3 Å². The Balaban J connectivity index is 1.64. The number of nitrogens with zero attached hydrogens (tertiary/aromatic N) is 4. The van der Waals surface area contributed by atoms with Crippen LogP contribution < -0.4 is 15.5 Å². The van der Waals surface area contributed by atoms with Crippen molar-refractivity contribution in [2.45, 2.75) is 38.1 Å². The van der Waals surface area contributed by atoms with Crippen LogP contribution in [0.15, 0.2) is 30.7 Å². The number of pyridine rings is 1. The van der Waals surface area contributed by atoms with E-state index in [0.29, 0.717) is 6.04 Å². The summed E-state index contributed by atoms with van der Waals surface area (Å²) in [5.41, 5.74) is 1.95. The predicted molar refractivity (Wildman–Crippen MR) is 101 cm³/mol. The van der Waals surface area contributed by atoms with E-state index in [0.717, 1.165) is 49.1 Å². The number of aromatic nitrogens is 3. The SMILES string of the molecule is c1cc(-c2cnc(N3CCCCC3)c(NC3CCCNC3)n2)ccn1. The van der Waals surface area contributed by atoms with Crippen molar-refractivity contribution in [3.8, 4) is 11.3 Å². The molecule has 2 aliphatic heterocycles. The van der Waals surface area contributed by atoms with Crippen LogP contribution in [0.25, 0.3) is 11.3 Å². The lowest BCUT2D eigenvalue weighted by Crippen LogP contribution is -2.39. The molecular formula is C19H26N6. The predicted octanol–water partition coefficient (Wildman–Crippen LogP) is 2.69. The molecule has 0 saturated carbocycles. The van der Waals surface area contributed by atoms with E-state index in [2.05, 4.69) is 20.5 Å². The van der Waals surface area contributed by atoms with Crippen LogP contribution in [0.4, 0.5) is 11.6 Å². The second-order valence-corrected chi connectivity index (χ2v) is 6.90. The third kappa shape index (κ3) is 3.90. The van der Waals surface area contributed by atoms with Crippen molar-refractivity contribution in [3.05, 3.63) is 30.7 Å². The summed E-state index contributed by atoms with van der Waals surface area (Å²) >= 11 is 0. The molecule has 2 aromatic heterocycles. The van der Waals surface area contributed by atoms with E-state index in [1.165, 1.54) is 32.1 Å². The van der Waals surface area contributed by atoms with Gasteiger partial charge in [0.05, 0.1) is 11.9 Å². The molecule has 6 nitrogen and oxygen atoms in total. The summed E-state index contributed by atoms with van der Waals surface area (Å²) < 4.78 is 0. The van der Waals surface area contributed by atoms with Gasteiger partial charge in [0.2, 0.25) is 0 Å². The van der Waals surface area contributed by atoms with Crippen LogP contribution in [0, 0.1) is 0 Å². The fraction of sp³-hybridized carbons (Fsp3) is 0.526. The fourth-order valence-electron chi connectivity index (χ4n) is 3.65. The maximum Gasteiger partial charge on any atom is 0.171 e. The first-order valence-electron chi connectivity index (χ1n) is 9.40.